The molecule has 0 radical (unpaired) electrons. The minimum Gasteiger partial charge on any atom is -0.454 e. The van der Waals surface area contributed by atoms with Crippen molar-refractivity contribution in [3.63, 3.8) is 0 Å². The molecule has 7 nitrogen and oxygen atoms in total. The van der Waals surface area contributed by atoms with Crippen LogP contribution < -0.4 is 0 Å². The Balaban J connectivity index is 2.41. The Bertz CT molecular complexity index is 1010. The second-order valence-electron chi connectivity index (χ2n) is 8.68. The second kappa shape index (κ2) is 10.9. The van der Waals surface area contributed by atoms with E-state index in [1.807, 2.05) is 45.0 Å². The Morgan fingerprint density at radius 2 is 1.78 bits per heavy atom. The van der Waals surface area contributed by atoms with Crippen LogP contribution in [0.3, 0.4) is 0 Å². The average molecular weight is 440 g/mol. The molecule has 0 saturated heterocycles. The molecule has 2 rings (SSSR count). The Morgan fingerprint density at radius 1 is 1.12 bits per heavy atom. The van der Waals surface area contributed by atoms with Crippen LogP contribution in [0.1, 0.15) is 68.6 Å². The highest BCUT2D eigenvalue weighted by Crippen LogP contribution is 2.31. The SMILES string of the molecule is CCCCOC(=O)OCO/C(=C(/C#N)c1ccc(C(C)(C)C)cc1)c1c(C)c(C)nn1C. The van der Waals surface area contributed by atoms with Crippen LogP contribution in [0, 0.1) is 25.2 Å². The molecule has 0 amide bonds. The number of nitrogens with zero attached hydrogens (tertiary/aromatic N) is 3. The third-order valence-electron chi connectivity index (χ3n) is 5.21. The maximum Gasteiger partial charge on any atom is 0.511 e. The molecular weight excluding hydrogens is 406 g/mol. The molecule has 32 heavy (non-hydrogen) atoms. The highest BCUT2D eigenvalue weighted by molar-refractivity contribution is 5.94. The second-order valence-corrected chi connectivity index (χ2v) is 8.68. The van der Waals surface area contributed by atoms with Gasteiger partial charge in [0.2, 0.25) is 6.79 Å². The maximum atomic E-state index is 11.8. The van der Waals surface area contributed by atoms with Gasteiger partial charge in [0.05, 0.1) is 12.3 Å². The van der Waals surface area contributed by atoms with Gasteiger partial charge in [-0.15, -0.1) is 0 Å². The van der Waals surface area contributed by atoms with Gasteiger partial charge in [0.25, 0.3) is 0 Å². The molecule has 0 aliphatic heterocycles. The monoisotopic (exact) mass is 439 g/mol. The lowest BCUT2D eigenvalue weighted by Crippen LogP contribution is -2.13. The number of hydrogen-bond donors (Lipinski definition) is 0. The Hall–Kier alpha value is -3.27. The molecule has 0 saturated carbocycles. The van der Waals surface area contributed by atoms with Gasteiger partial charge in [0, 0.05) is 12.6 Å². The van der Waals surface area contributed by atoms with Crippen molar-refractivity contribution in [3.8, 4) is 6.07 Å². The van der Waals surface area contributed by atoms with E-state index in [1.54, 1.807) is 11.7 Å². The lowest BCUT2D eigenvalue weighted by molar-refractivity contribution is -0.00601. The Labute approximate surface area is 190 Å². The van der Waals surface area contributed by atoms with Crippen LogP contribution in [0.4, 0.5) is 4.79 Å². The maximum absolute atomic E-state index is 11.8. The van der Waals surface area contributed by atoms with E-state index in [2.05, 4.69) is 31.9 Å². The van der Waals surface area contributed by atoms with Crippen molar-refractivity contribution >= 4 is 17.5 Å². The summed E-state index contributed by atoms with van der Waals surface area (Å²) in [5.41, 5.74) is 4.55. The minimum atomic E-state index is -0.802. The number of hydrogen-bond acceptors (Lipinski definition) is 6. The molecule has 0 atom stereocenters. The van der Waals surface area contributed by atoms with E-state index in [1.165, 1.54) is 0 Å². The van der Waals surface area contributed by atoms with E-state index in [-0.39, 0.29) is 12.2 Å². The summed E-state index contributed by atoms with van der Waals surface area (Å²) in [6.45, 7) is 12.1. The van der Waals surface area contributed by atoms with Gasteiger partial charge in [-0.25, -0.2) is 4.79 Å². The lowest BCUT2D eigenvalue weighted by atomic mass is 9.86. The Kier molecular flexibility index (Phi) is 8.48. The van der Waals surface area contributed by atoms with Gasteiger partial charge in [-0.3, -0.25) is 4.68 Å². The van der Waals surface area contributed by atoms with Crippen LogP contribution in [0.25, 0.3) is 11.3 Å². The zero-order valence-electron chi connectivity index (χ0n) is 20.1. The Morgan fingerprint density at radius 3 is 2.28 bits per heavy atom. The molecule has 0 spiro atoms. The third kappa shape index (κ3) is 6.13. The van der Waals surface area contributed by atoms with Crippen molar-refractivity contribution in [2.24, 2.45) is 7.05 Å². The van der Waals surface area contributed by atoms with Gasteiger partial charge in [-0.05, 0) is 36.8 Å². The molecule has 2 aromatic rings. The van der Waals surface area contributed by atoms with E-state index >= 15 is 0 Å². The van der Waals surface area contributed by atoms with E-state index in [0.717, 1.165) is 29.7 Å². The first kappa shape index (κ1) is 25.0. The van der Waals surface area contributed by atoms with Crippen molar-refractivity contribution in [2.45, 2.75) is 59.8 Å². The van der Waals surface area contributed by atoms with Crippen molar-refractivity contribution < 1.29 is 19.0 Å². The van der Waals surface area contributed by atoms with Crippen LogP contribution in [0.2, 0.25) is 0 Å². The first-order chi connectivity index (χ1) is 15.1. The molecule has 1 aromatic heterocycles. The molecule has 0 N–H and O–H groups in total. The fraction of sp³-hybridized carbons (Fsp3) is 0.480. The third-order valence-corrected chi connectivity index (χ3v) is 5.21. The summed E-state index contributed by atoms with van der Waals surface area (Å²) in [6.07, 6.45) is 0.872. The first-order valence-corrected chi connectivity index (χ1v) is 10.8. The zero-order valence-corrected chi connectivity index (χ0v) is 20.1. The number of nitriles is 1. The number of carbonyl (C=O) groups is 1. The van der Waals surface area contributed by atoms with Crippen molar-refractivity contribution in [1.82, 2.24) is 9.78 Å². The fourth-order valence-electron chi connectivity index (χ4n) is 3.20. The number of unbranched alkanes of at least 4 members (excludes halogenated alkanes) is 1. The topological polar surface area (TPSA) is 86.4 Å². The molecule has 7 heteroatoms. The van der Waals surface area contributed by atoms with Gasteiger partial charge < -0.3 is 14.2 Å². The summed E-state index contributed by atoms with van der Waals surface area (Å²) in [5, 5.41) is 14.5. The highest BCUT2D eigenvalue weighted by Gasteiger charge is 2.22. The number of allylic oxidation sites excluding steroid dienone is 1. The summed E-state index contributed by atoms with van der Waals surface area (Å²) in [4.78, 5) is 11.8. The van der Waals surface area contributed by atoms with Crippen molar-refractivity contribution in [1.29, 1.82) is 5.26 Å². The van der Waals surface area contributed by atoms with Gasteiger partial charge in [-0.1, -0.05) is 58.4 Å². The molecule has 0 bridgehead atoms. The fourth-order valence-corrected chi connectivity index (χ4v) is 3.20. The van der Waals surface area contributed by atoms with E-state index in [4.69, 9.17) is 14.2 Å². The molecule has 0 fully saturated rings. The van der Waals surface area contributed by atoms with E-state index in [0.29, 0.717) is 29.2 Å². The number of ether oxygens (including phenoxy) is 3. The summed E-state index contributed by atoms with van der Waals surface area (Å²) in [6, 6.07) is 10.1. The van der Waals surface area contributed by atoms with Crippen molar-refractivity contribution in [3.05, 3.63) is 52.3 Å². The van der Waals surface area contributed by atoms with Crippen LogP contribution in [-0.2, 0) is 26.7 Å². The highest BCUT2D eigenvalue weighted by atomic mass is 16.8. The molecule has 1 aromatic carbocycles. The smallest absolute Gasteiger partial charge is 0.454 e. The van der Waals surface area contributed by atoms with Gasteiger partial charge in [0.1, 0.15) is 17.3 Å². The van der Waals surface area contributed by atoms with E-state index < -0.39 is 6.16 Å². The number of aryl methyl sites for hydroxylation is 2. The van der Waals surface area contributed by atoms with Crippen LogP contribution in [-0.4, -0.2) is 29.3 Å². The standard InChI is InChI=1S/C25H33N3O4/c1-8-9-14-30-24(29)32-16-31-23(22-17(2)18(3)27-28(22)7)21(15-26)19-10-12-20(13-11-19)25(4,5)6/h10-13H,8-9,14,16H2,1-7H3/b23-21-. The summed E-state index contributed by atoms with van der Waals surface area (Å²) < 4.78 is 17.6. The predicted molar refractivity (Wildman–Crippen MR) is 124 cm³/mol. The van der Waals surface area contributed by atoms with Crippen LogP contribution >= 0.6 is 0 Å². The van der Waals surface area contributed by atoms with Crippen LogP contribution in [0.5, 0.6) is 0 Å². The molecule has 0 aliphatic carbocycles. The predicted octanol–water partition coefficient (Wildman–Crippen LogP) is 5.65. The number of benzene rings is 1. The van der Waals surface area contributed by atoms with Crippen LogP contribution in [0.15, 0.2) is 24.3 Å². The molecular formula is C25H33N3O4. The zero-order chi connectivity index (χ0) is 23.9. The molecule has 0 unspecified atom stereocenters. The summed E-state index contributed by atoms with van der Waals surface area (Å²) >= 11 is 0. The molecule has 1 heterocycles. The number of rotatable bonds is 8. The quantitative estimate of drug-likeness (QED) is 0.174. The summed E-state index contributed by atoms with van der Waals surface area (Å²) in [5.74, 6) is 0.304. The van der Waals surface area contributed by atoms with Gasteiger partial charge in [-0.2, -0.15) is 10.4 Å². The lowest BCUT2D eigenvalue weighted by Gasteiger charge is -2.19. The largest absolute Gasteiger partial charge is 0.511 e. The first-order valence-electron chi connectivity index (χ1n) is 10.8. The summed E-state index contributed by atoms with van der Waals surface area (Å²) in [7, 11) is 1.79. The van der Waals surface area contributed by atoms with Gasteiger partial charge >= 0.3 is 6.16 Å². The molecule has 0 aliphatic rings. The van der Waals surface area contributed by atoms with Crippen molar-refractivity contribution in [2.75, 3.05) is 13.4 Å². The molecule has 172 valence electrons. The van der Waals surface area contributed by atoms with E-state index in [9.17, 15) is 10.1 Å². The van der Waals surface area contributed by atoms with Gasteiger partial charge in [0.15, 0.2) is 5.76 Å². The minimum absolute atomic E-state index is 0.00387. The average Bonchev–Trinajstić information content (AvgIpc) is 2.98. The number of carbonyl (C=O) groups excluding carboxylic acids is 1. The number of aromatic nitrogens is 2. The normalized spacial score (nSPS) is 12.1.